The van der Waals surface area contributed by atoms with Crippen LogP contribution < -0.4 is 10.1 Å². The predicted molar refractivity (Wildman–Crippen MR) is 90.3 cm³/mol. The van der Waals surface area contributed by atoms with Gasteiger partial charge in [-0.3, -0.25) is 4.79 Å². The highest BCUT2D eigenvalue weighted by Crippen LogP contribution is 2.23. The van der Waals surface area contributed by atoms with E-state index in [2.05, 4.69) is 5.32 Å². The number of benzene rings is 1. The number of nitriles is 1. The molecule has 0 saturated heterocycles. The lowest BCUT2D eigenvalue weighted by atomic mass is 10.1. The maximum atomic E-state index is 12.2. The van der Waals surface area contributed by atoms with Crippen LogP contribution in [0.4, 0.5) is 5.00 Å². The monoisotopic (exact) mass is 344 g/mol. The van der Waals surface area contributed by atoms with Crippen LogP contribution in [0.1, 0.15) is 28.4 Å². The second kappa shape index (κ2) is 7.62. The van der Waals surface area contributed by atoms with E-state index in [4.69, 9.17) is 14.7 Å². The summed E-state index contributed by atoms with van der Waals surface area (Å²) in [5.74, 6) is -0.553. The van der Waals surface area contributed by atoms with Gasteiger partial charge in [-0.05, 0) is 43.0 Å². The van der Waals surface area contributed by atoms with E-state index in [0.717, 1.165) is 5.56 Å². The van der Waals surface area contributed by atoms with Crippen molar-refractivity contribution in [1.82, 2.24) is 0 Å². The largest absolute Gasteiger partial charge is 0.496 e. The molecular formula is C17H16N2O4S. The molecule has 1 aromatic carbocycles. The first kappa shape index (κ1) is 17.5. The summed E-state index contributed by atoms with van der Waals surface area (Å²) in [5, 5.41) is 13.6. The number of carbonyl (C=O) groups excluding carboxylic acids is 2. The second-order valence-corrected chi connectivity index (χ2v) is 5.91. The third-order valence-corrected chi connectivity index (χ3v) is 4.15. The molecule has 1 amide bonds. The molecule has 0 radical (unpaired) electrons. The van der Waals surface area contributed by atoms with Gasteiger partial charge in [-0.25, -0.2) is 4.79 Å². The Morgan fingerprint density at radius 2 is 2.08 bits per heavy atom. The first-order valence-electron chi connectivity index (χ1n) is 7.10. The van der Waals surface area contributed by atoms with Crippen molar-refractivity contribution in [1.29, 1.82) is 5.26 Å². The lowest BCUT2D eigenvalue weighted by Crippen LogP contribution is -2.29. The third kappa shape index (κ3) is 3.91. The minimum absolute atomic E-state index is 0.297. The van der Waals surface area contributed by atoms with Gasteiger partial charge in [0.25, 0.3) is 5.91 Å². The molecule has 2 aromatic rings. The summed E-state index contributed by atoms with van der Waals surface area (Å²) in [6.07, 6.45) is -1.00. The molecule has 1 N–H and O–H groups in total. The molecule has 0 saturated carbocycles. The average Bonchev–Trinajstić information content (AvgIpc) is 3.02. The highest BCUT2D eigenvalue weighted by Gasteiger charge is 2.21. The maximum Gasteiger partial charge on any atom is 0.339 e. The summed E-state index contributed by atoms with van der Waals surface area (Å²) >= 11 is 1.23. The van der Waals surface area contributed by atoms with Crippen LogP contribution in [0.25, 0.3) is 0 Å². The van der Waals surface area contributed by atoms with Gasteiger partial charge in [-0.1, -0.05) is 6.07 Å². The Morgan fingerprint density at radius 1 is 1.33 bits per heavy atom. The summed E-state index contributed by atoms with van der Waals surface area (Å²) in [7, 11) is 1.52. The molecule has 1 atom stereocenters. The lowest BCUT2D eigenvalue weighted by Gasteiger charge is -2.13. The summed E-state index contributed by atoms with van der Waals surface area (Å²) in [4.78, 5) is 24.3. The molecule has 0 bridgehead atoms. The number of anilines is 1. The van der Waals surface area contributed by atoms with Crippen molar-refractivity contribution in [3.8, 4) is 11.8 Å². The quantitative estimate of drug-likeness (QED) is 0.842. The molecule has 1 aromatic heterocycles. The molecule has 7 heteroatoms. The van der Waals surface area contributed by atoms with E-state index in [1.807, 2.05) is 13.0 Å². The van der Waals surface area contributed by atoms with Crippen molar-refractivity contribution < 1.29 is 19.1 Å². The molecule has 6 nitrogen and oxygen atoms in total. The number of amides is 1. The summed E-state index contributed by atoms with van der Waals surface area (Å²) in [6.45, 7) is 3.33. The van der Waals surface area contributed by atoms with Crippen LogP contribution in [0.5, 0.6) is 5.75 Å². The highest BCUT2D eigenvalue weighted by molar-refractivity contribution is 7.14. The Balaban J connectivity index is 2.03. The van der Waals surface area contributed by atoms with Gasteiger partial charge in [0, 0.05) is 0 Å². The van der Waals surface area contributed by atoms with E-state index >= 15 is 0 Å². The van der Waals surface area contributed by atoms with Gasteiger partial charge in [-0.2, -0.15) is 5.26 Å². The Kier molecular flexibility index (Phi) is 5.55. The maximum absolute atomic E-state index is 12.2. The molecule has 2 rings (SSSR count). The molecular weight excluding hydrogens is 328 g/mol. The fraction of sp³-hybridized carbons (Fsp3) is 0.235. The molecule has 1 heterocycles. The van der Waals surface area contributed by atoms with Gasteiger partial charge in [0.2, 0.25) is 0 Å². The zero-order valence-electron chi connectivity index (χ0n) is 13.5. The van der Waals surface area contributed by atoms with Gasteiger partial charge in [0.15, 0.2) is 6.10 Å². The van der Waals surface area contributed by atoms with Crippen molar-refractivity contribution in [2.75, 3.05) is 12.4 Å². The Labute approximate surface area is 143 Å². The standard InChI is InChI=1S/C17H16N2O4S/c1-10-4-5-12(8-14(10)22-3)17(21)23-11(2)15(20)19-16-13(9-18)6-7-24-16/h4-8,11H,1-3H3,(H,19,20)/t11-/m0/s1. The summed E-state index contributed by atoms with van der Waals surface area (Å²) in [5.41, 5.74) is 1.56. The zero-order chi connectivity index (χ0) is 17.7. The van der Waals surface area contributed by atoms with Gasteiger partial charge >= 0.3 is 5.97 Å². The first-order valence-corrected chi connectivity index (χ1v) is 7.98. The lowest BCUT2D eigenvalue weighted by molar-refractivity contribution is -0.123. The SMILES string of the molecule is COc1cc(C(=O)O[C@@H](C)C(=O)Nc2sccc2C#N)ccc1C. The molecule has 0 aliphatic carbocycles. The van der Waals surface area contributed by atoms with Crippen LogP contribution in [0, 0.1) is 18.3 Å². The number of hydrogen-bond donors (Lipinski definition) is 1. The van der Waals surface area contributed by atoms with Gasteiger partial charge in [0.1, 0.15) is 16.8 Å². The average molecular weight is 344 g/mol. The molecule has 0 aliphatic heterocycles. The van der Waals surface area contributed by atoms with Crippen LogP contribution in [0.2, 0.25) is 0 Å². The predicted octanol–water partition coefficient (Wildman–Crippen LogP) is 3.12. The van der Waals surface area contributed by atoms with Gasteiger partial charge in [0.05, 0.1) is 18.2 Å². The number of rotatable bonds is 5. The number of aryl methyl sites for hydroxylation is 1. The fourth-order valence-corrected chi connectivity index (χ4v) is 2.68. The Morgan fingerprint density at radius 3 is 2.75 bits per heavy atom. The zero-order valence-corrected chi connectivity index (χ0v) is 14.3. The number of carbonyl (C=O) groups is 2. The van der Waals surface area contributed by atoms with Crippen LogP contribution in [-0.2, 0) is 9.53 Å². The van der Waals surface area contributed by atoms with Crippen molar-refractivity contribution in [3.05, 3.63) is 46.3 Å². The van der Waals surface area contributed by atoms with Crippen molar-refractivity contribution in [3.63, 3.8) is 0 Å². The van der Waals surface area contributed by atoms with Gasteiger partial charge < -0.3 is 14.8 Å². The Bertz CT molecular complexity index is 807. The molecule has 0 unspecified atom stereocenters. The number of ether oxygens (including phenoxy) is 2. The van der Waals surface area contributed by atoms with Crippen molar-refractivity contribution in [2.45, 2.75) is 20.0 Å². The van der Waals surface area contributed by atoms with Crippen molar-refractivity contribution in [2.24, 2.45) is 0 Å². The number of hydrogen-bond acceptors (Lipinski definition) is 6. The number of thiophene rings is 1. The van der Waals surface area contributed by atoms with Crippen LogP contribution in [0.15, 0.2) is 29.6 Å². The highest BCUT2D eigenvalue weighted by atomic mass is 32.1. The van der Waals surface area contributed by atoms with Gasteiger partial charge in [-0.15, -0.1) is 11.3 Å². The molecule has 0 spiro atoms. The third-order valence-electron chi connectivity index (χ3n) is 3.32. The first-order chi connectivity index (χ1) is 11.5. The minimum Gasteiger partial charge on any atom is -0.496 e. The minimum atomic E-state index is -1.00. The summed E-state index contributed by atoms with van der Waals surface area (Å²) in [6, 6.07) is 8.50. The fourth-order valence-electron chi connectivity index (χ4n) is 1.94. The van der Waals surface area contributed by atoms with E-state index in [0.29, 0.717) is 21.9 Å². The summed E-state index contributed by atoms with van der Waals surface area (Å²) < 4.78 is 10.3. The van der Waals surface area contributed by atoms with E-state index in [1.165, 1.54) is 25.4 Å². The van der Waals surface area contributed by atoms with Crippen LogP contribution in [0.3, 0.4) is 0 Å². The second-order valence-electron chi connectivity index (χ2n) is 5.00. The topological polar surface area (TPSA) is 88.4 Å². The van der Waals surface area contributed by atoms with Crippen LogP contribution >= 0.6 is 11.3 Å². The number of nitrogens with zero attached hydrogens (tertiary/aromatic N) is 1. The number of esters is 1. The van der Waals surface area contributed by atoms with Crippen molar-refractivity contribution >= 4 is 28.2 Å². The van der Waals surface area contributed by atoms with E-state index in [-0.39, 0.29) is 0 Å². The normalized spacial score (nSPS) is 11.2. The number of nitrogens with one attached hydrogen (secondary N) is 1. The molecule has 124 valence electrons. The van der Waals surface area contributed by atoms with E-state index < -0.39 is 18.0 Å². The smallest absolute Gasteiger partial charge is 0.339 e. The van der Waals surface area contributed by atoms with E-state index in [9.17, 15) is 9.59 Å². The molecule has 0 fully saturated rings. The molecule has 0 aliphatic rings. The van der Waals surface area contributed by atoms with E-state index in [1.54, 1.807) is 29.6 Å². The number of methoxy groups -OCH3 is 1. The van der Waals surface area contributed by atoms with Crippen LogP contribution in [-0.4, -0.2) is 25.1 Å². The molecule has 24 heavy (non-hydrogen) atoms. The Hall–Kier alpha value is -2.85.